The van der Waals surface area contributed by atoms with Gasteiger partial charge in [-0.05, 0) is 50.6 Å². The van der Waals surface area contributed by atoms with E-state index in [1.54, 1.807) is 0 Å². The van der Waals surface area contributed by atoms with Gasteiger partial charge in [0.15, 0.2) is 0 Å². The lowest BCUT2D eigenvalue weighted by molar-refractivity contribution is 0.0525. The third-order valence-corrected chi connectivity index (χ3v) is 2.99. The number of carbonyl (C=O) groups is 1. The van der Waals surface area contributed by atoms with E-state index >= 15 is 0 Å². The Hall–Kier alpha value is -2.20. The zero-order valence-corrected chi connectivity index (χ0v) is 13.5. The molecule has 1 amide bonds. The topological polar surface area (TPSA) is 87.1 Å². The van der Waals surface area contributed by atoms with E-state index in [1.807, 2.05) is 51.1 Å². The van der Waals surface area contributed by atoms with Crippen LogP contribution in [0.1, 0.15) is 32.8 Å². The molecule has 0 saturated carbocycles. The lowest BCUT2D eigenvalue weighted by Gasteiger charge is -2.20. The van der Waals surface area contributed by atoms with Crippen LogP contribution in [0.15, 0.2) is 35.4 Å². The van der Waals surface area contributed by atoms with Gasteiger partial charge in [0.25, 0.3) is 0 Å². The molecule has 0 heterocycles. The van der Waals surface area contributed by atoms with Gasteiger partial charge in [0, 0.05) is 18.0 Å². The second kappa shape index (κ2) is 8.95. The van der Waals surface area contributed by atoms with Crippen LogP contribution in [-0.2, 0) is 11.2 Å². The number of hydrogen-bond acceptors (Lipinski definition) is 3. The molecular formula is C16H24N4O2. The van der Waals surface area contributed by atoms with E-state index in [-0.39, 0.29) is 5.92 Å². The number of hydrogen-bond donors (Lipinski definition) is 1. The van der Waals surface area contributed by atoms with Gasteiger partial charge in [0.05, 0.1) is 0 Å². The van der Waals surface area contributed by atoms with Crippen molar-refractivity contribution in [2.24, 2.45) is 11.0 Å². The third kappa shape index (κ3) is 8.17. The quantitative estimate of drug-likeness (QED) is 0.467. The summed E-state index contributed by atoms with van der Waals surface area (Å²) in [6, 6.07) is 10.0. The highest BCUT2D eigenvalue weighted by atomic mass is 16.6. The fourth-order valence-corrected chi connectivity index (χ4v) is 2.05. The van der Waals surface area contributed by atoms with Gasteiger partial charge in [-0.3, -0.25) is 0 Å². The van der Waals surface area contributed by atoms with Crippen LogP contribution in [-0.4, -0.2) is 24.8 Å². The van der Waals surface area contributed by atoms with E-state index in [0.717, 1.165) is 12.8 Å². The number of amides is 1. The van der Waals surface area contributed by atoms with Crippen molar-refractivity contribution in [3.8, 4) is 0 Å². The normalized spacial score (nSPS) is 12.1. The lowest BCUT2D eigenvalue weighted by atomic mass is 9.96. The van der Waals surface area contributed by atoms with Gasteiger partial charge < -0.3 is 10.1 Å². The molecule has 120 valence electrons. The van der Waals surface area contributed by atoms with E-state index in [9.17, 15) is 4.79 Å². The summed E-state index contributed by atoms with van der Waals surface area (Å²) in [7, 11) is 0. The van der Waals surface area contributed by atoms with Crippen LogP contribution in [0.3, 0.4) is 0 Å². The molecule has 0 bridgehead atoms. The maximum absolute atomic E-state index is 11.6. The molecule has 1 N–H and O–H groups in total. The molecule has 0 aliphatic heterocycles. The number of carbonyl (C=O) groups excluding carboxylic acids is 1. The molecule has 0 spiro atoms. The molecule has 0 aliphatic rings. The second-order valence-electron chi connectivity index (χ2n) is 6.19. The van der Waals surface area contributed by atoms with Crippen molar-refractivity contribution in [1.29, 1.82) is 0 Å². The van der Waals surface area contributed by atoms with Crippen molar-refractivity contribution in [2.45, 2.75) is 39.2 Å². The zero-order chi connectivity index (χ0) is 16.4. The largest absolute Gasteiger partial charge is 0.444 e. The molecule has 0 aliphatic carbocycles. The summed E-state index contributed by atoms with van der Waals surface area (Å²) in [4.78, 5) is 14.4. The van der Waals surface area contributed by atoms with Crippen LogP contribution in [0.25, 0.3) is 10.4 Å². The molecule has 1 unspecified atom stereocenters. The zero-order valence-electron chi connectivity index (χ0n) is 13.5. The second-order valence-corrected chi connectivity index (χ2v) is 6.19. The monoisotopic (exact) mass is 304 g/mol. The first-order valence-electron chi connectivity index (χ1n) is 7.42. The number of benzene rings is 1. The Labute approximate surface area is 131 Å². The molecule has 6 nitrogen and oxygen atoms in total. The Kier molecular flexibility index (Phi) is 7.26. The summed E-state index contributed by atoms with van der Waals surface area (Å²) in [5.74, 6) is 0.188. The predicted octanol–water partition coefficient (Wildman–Crippen LogP) is 4.07. The molecule has 0 fully saturated rings. The Bertz CT molecular complexity index is 505. The fourth-order valence-electron chi connectivity index (χ4n) is 2.05. The Morgan fingerprint density at radius 2 is 2.05 bits per heavy atom. The smallest absolute Gasteiger partial charge is 0.407 e. The first-order valence-corrected chi connectivity index (χ1v) is 7.42. The lowest BCUT2D eigenvalue weighted by Crippen LogP contribution is -2.33. The molecule has 1 atom stereocenters. The van der Waals surface area contributed by atoms with Gasteiger partial charge in [0.2, 0.25) is 0 Å². The molecule has 1 aromatic carbocycles. The van der Waals surface area contributed by atoms with Crippen molar-refractivity contribution in [2.75, 3.05) is 13.1 Å². The number of azide groups is 1. The van der Waals surface area contributed by atoms with E-state index < -0.39 is 11.7 Å². The summed E-state index contributed by atoms with van der Waals surface area (Å²) in [5, 5.41) is 6.40. The predicted molar refractivity (Wildman–Crippen MR) is 86.5 cm³/mol. The van der Waals surface area contributed by atoms with E-state index in [2.05, 4.69) is 15.3 Å². The van der Waals surface area contributed by atoms with Gasteiger partial charge in [0.1, 0.15) is 5.60 Å². The van der Waals surface area contributed by atoms with Crippen molar-refractivity contribution in [1.82, 2.24) is 5.32 Å². The average Bonchev–Trinajstić information content (AvgIpc) is 2.43. The van der Waals surface area contributed by atoms with Crippen LogP contribution in [0.5, 0.6) is 0 Å². The Morgan fingerprint density at radius 3 is 2.64 bits per heavy atom. The molecule has 1 rings (SSSR count). The fraction of sp³-hybridized carbons (Fsp3) is 0.562. The minimum Gasteiger partial charge on any atom is -0.444 e. The van der Waals surface area contributed by atoms with Crippen molar-refractivity contribution in [3.05, 3.63) is 46.3 Å². The summed E-state index contributed by atoms with van der Waals surface area (Å²) >= 11 is 0. The SMILES string of the molecule is CC(C)(C)OC(=O)NCCC(CN=[N+]=[N-])Cc1ccccc1. The highest BCUT2D eigenvalue weighted by Gasteiger charge is 2.16. The average molecular weight is 304 g/mol. The van der Waals surface area contributed by atoms with Gasteiger partial charge in [-0.2, -0.15) is 0 Å². The minimum absolute atomic E-state index is 0.188. The molecule has 0 saturated heterocycles. The molecular weight excluding hydrogens is 280 g/mol. The van der Waals surface area contributed by atoms with Crippen molar-refractivity contribution < 1.29 is 9.53 Å². The van der Waals surface area contributed by atoms with E-state index in [0.29, 0.717) is 13.1 Å². The summed E-state index contributed by atoms with van der Waals surface area (Å²) < 4.78 is 5.19. The first kappa shape index (κ1) is 17.9. The van der Waals surface area contributed by atoms with Gasteiger partial charge in [-0.1, -0.05) is 35.4 Å². The number of ether oxygens (including phenoxy) is 1. The summed E-state index contributed by atoms with van der Waals surface area (Å²) in [5.41, 5.74) is 9.18. The highest BCUT2D eigenvalue weighted by molar-refractivity contribution is 5.67. The number of nitrogens with zero attached hydrogens (tertiary/aromatic N) is 3. The number of alkyl carbamates (subject to hydrolysis) is 1. The molecule has 0 aromatic heterocycles. The summed E-state index contributed by atoms with van der Waals surface area (Å²) in [6.07, 6.45) is 1.12. The first-order chi connectivity index (χ1) is 10.4. The van der Waals surface area contributed by atoms with Crippen molar-refractivity contribution >= 4 is 6.09 Å². The molecule has 0 radical (unpaired) electrons. The maximum atomic E-state index is 11.6. The van der Waals surface area contributed by atoms with E-state index in [4.69, 9.17) is 10.3 Å². The van der Waals surface area contributed by atoms with Crippen LogP contribution >= 0.6 is 0 Å². The maximum Gasteiger partial charge on any atom is 0.407 e. The van der Waals surface area contributed by atoms with Gasteiger partial charge in [-0.25, -0.2) is 4.79 Å². The van der Waals surface area contributed by atoms with Gasteiger partial charge in [-0.15, -0.1) is 0 Å². The standard InChI is InChI=1S/C16H24N4O2/c1-16(2,3)22-15(21)18-10-9-14(12-19-20-17)11-13-7-5-4-6-8-13/h4-8,14H,9-12H2,1-3H3,(H,18,21). The molecule has 22 heavy (non-hydrogen) atoms. The third-order valence-electron chi connectivity index (χ3n) is 2.99. The van der Waals surface area contributed by atoms with Gasteiger partial charge >= 0.3 is 6.09 Å². The molecule has 1 aromatic rings. The van der Waals surface area contributed by atoms with Crippen LogP contribution in [0, 0.1) is 5.92 Å². The summed E-state index contributed by atoms with van der Waals surface area (Å²) in [6.45, 7) is 6.39. The van der Waals surface area contributed by atoms with Crippen molar-refractivity contribution in [3.63, 3.8) is 0 Å². The highest BCUT2D eigenvalue weighted by Crippen LogP contribution is 2.13. The van der Waals surface area contributed by atoms with Crippen LogP contribution in [0.2, 0.25) is 0 Å². The molecule has 6 heteroatoms. The Balaban J connectivity index is 2.45. The minimum atomic E-state index is -0.501. The van der Waals surface area contributed by atoms with Crippen LogP contribution in [0.4, 0.5) is 4.79 Å². The van der Waals surface area contributed by atoms with E-state index in [1.165, 1.54) is 5.56 Å². The Morgan fingerprint density at radius 1 is 1.36 bits per heavy atom. The number of nitrogens with one attached hydrogen (secondary N) is 1. The van der Waals surface area contributed by atoms with Crippen LogP contribution < -0.4 is 5.32 Å². The number of rotatable bonds is 7.